The van der Waals surface area contributed by atoms with Crippen molar-refractivity contribution >= 4 is 35.3 Å². The summed E-state index contributed by atoms with van der Waals surface area (Å²) in [6.07, 6.45) is 7.47. The van der Waals surface area contributed by atoms with E-state index in [1.807, 2.05) is 11.3 Å². The van der Waals surface area contributed by atoms with E-state index in [2.05, 4.69) is 77.6 Å². The summed E-state index contributed by atoms with van der Waals surface area (Å²) in [5.41, 5.74) is 0.548. The van der Waals surface area contributed by atoms with Gasteiger partial charge in [-0.25, -0.2) is 0 Å². The second-order valence-corrected chi connectivity index (χ2v) is 10.3. The number of thiophene rings is 1. The molecule has 1 aromatic heterocycles. The lowest BCUT2D eigenvalue weighted by atomic mass is 9.91. The second-order valence-electron chi connectivity index (χ2n) is 7.95. The van der Waals surface area contributed by atoms with E-state index in [1.54, 1.807) is 4.91 Å². The van der Waals surface area contributed by atoms with Crippen LogP contribution in [-0.2, 0) is 5.41 Å². The van der Waals surface area contributed by atoms with Gasteiger partial charge in [-0.2, -0.15) is 0 Å². The average Bonchev–Trinajstić information content (AvgIpc) is 2.85. The first-order valence-corrected chi connectivity index (χ1v) is 9.07. The topological polar surface area (TPSA) is 0 Å². The van der Waals surface area contributed by atoms with Gasteiger partial charge in [-0.05, 0) is 27.0 Å². The zero-order valence-corrected chi connectivity index (χ0v) is 14.9. The van der Waals surface area contributed by atoms with Crippen LogP contribution in [-0.4, -0.2) is 5.25 Å². The lowest BCUT2D eigenvalue weighted by Crippen LogP contribution is -2.28. The molecule has 2 heteroatoms. The van der Waals surface area contributed by atoms with E-state index in [4.69, 9.17) is 0 Å². The zero-order valence-electron chi connectivity index (χ0n) is 13.3. The van der Waals surface area contributed by atoms with E-state index >= 15 is 0 Å². The van der Waals surface area contributed by atoms with Gasteiger partial charge < -0.3 is 0 Å². The summed E-state index contributed by atoms with van der Waals surface area (Å²) in [5.74, 6) is 0.587. The lowest BCUT2D eigenvalue weighted by molar-refractivity contribution is 0.532. The lowest BCUT2D eigenvalue weighted by Gasteiger charge is -2.20. The average molecular weight is 305 g/mol. The minimum absolute atomic E-state index is 0.262. The molecule has 0 saturated heterocycles. The zero-order chi connectivity index (χ0) is 14.7. The molecule has 2 aliphatic rings. The second kappa shape index (κ2) is 4.51. The first-order chi connectivity index (χ1) is 9.14. The van der Waals surface area contributed by atoms with E-state index in [9.17, 15) is 0 Å². The van der Waals surface area contributed by atoms with E-state index < -0.39 is 0 Å². The van der Waals surface area contributed by atoms with Crippen molar-refractivity contribution in [2.75, 3.05) is 0 Å². The number of hydrogen-bond donors (Lipinski definition) is 0. The molecule has 0 aromatic carbocycles. The molecule has 2 heterocycles. The molecule has 1 aliphatic heterocycles. The van der Waals surface area contributed by atoms with Crippen LogP contribution in [0.3, 0.4) is 0 Å². The van der Waals surface area contributed by atoms with E-state index in [-0.39, 0.29) is 10.8 Å². The highest BCUT2D eigenvalue weighted by Crippen LogP contribution is 2.47. The van der Waals surface area contributed by atoms with Crippen LogP contribution in [0.2, 0.25) is 0 Å². The first-order valence-electron chi connectivity index (χ1n) is 7.37. The molecule has 0 N–H and O–H groups in total. The van der Waals surface area contributed by atoms with E-state index in [0.717, 1.165) is 0 Å². The Morgan fingerprint density at radius 1 is 0.900 bits per heavy atom. The predicted molar refractivity (Wildman–Crippen MR) is 93.6 cm³/mol. The summed E-state index contributed by atoms with van der Waals surface area (Å²) in [6, 6.07) is 2.40. The molecule has 0 nitrogen and oxygen atoms in total. The Morgan fingerprint density at radius 3 is 2.20 bits per heavy atom. The molecule has 1 aromatic rings. The van der Waals surface area contributed by atoms with Crippen LogP contribution in [0.5, 0.6) is 0 Å². The van der Waals surface area contributed by atoms with Gasteiger partial charge in [0.25, 0.3) is 0 Å². The Labute approximate surface area is 130 Å². The third-order valence-corrected chi connectivity index (χ3v) is 7.21. The molecule has 0 amide bonds. The van der Waals surface area contributed by atoms with Gasteiger partial charge in [0, 0.05) is 20.6 Å². The molecule has 0 bridgehead atoms. The molecule has 0 radical (unpaired) electrons. The monoisotopic (exact) mass is 304 g/mol. The van der Waals surface area contributed by atoms with Gasteiger partial charge >= 0.3 is 0 Å². The van der Waals surface area contributed by atoms with Gasteiger partial charge in [0.05, 0.1) is 0 Å². The molecule has 108 valence electrons. The van der Waals surface area contributed by atoms with Gasteiger partial charge in [-0.3, -0.25) is 0 Å². The molecular formula is C18H24S2. The largest absolute Gasteiger partial charge is 0.140 e. The van der Waals surface area contributed by atoms with Crippen LogP contribution >= 0.6 is 23.1 Å². The van der Waals surface area contributed by atoms with Crippen LogP contribution < -0.4 is 9.75 Å². The third-order valence-electron chi connectivity index (χ3n) is 3.94. The quantitative estimate of drug-likeness (QED) is 0.689. The van der Waals surface area contributed by atoms with Gasteiger partial charge in [-0.15, -0.1) is 23.1 Å². The standard InChI is InChI=1S/C18H24S2/c1-17(2,3)15-8-11-7-12-9-16(18(4,5)6)20-14(12)10-13(11)19-15/h7-11,13H,1-6H3. The fourth-order valence-corrected chi connectivity index (χ4v) is 5.33. The number of thioether (sulfide) groups is 1. The van der Waals surface area contributed by atoms with Crippen molar-refractivity contribution < 1.29 is 0 Å². The Bertz CT molecular complexity index is 674. The van der Waals surface area contributed by atoms with Crippen LogP contribution in [0.1, 0.15) is 46.4 Å². The van der Waals surface area contributed by atoms with Crippen molar-refractivity contribution in [3.05, 3.63) is 31.7 Å². The maximum atomic E-state index is 2.50. The van der Waals surface area contributed by atoms with Crippen molar-refractivity contribution in [2.24, 2.45) is 11.3 Å². The smallest absolute Gasteiger partial charge is 0.0386 e. The minimum atomic E-state index is 0.262. The van der Waals surface area contributed by atoms with E-state index in [0.29, 0.717) is 11.2 Å². The third kappa shape index (κ3) is 2.53. The Hall–Kier alpha value is -0.470. The van der Waals surface area contributed by atoms with Crippen LogP contribution in [0, 0.1) is 11.3 Å². The van der Waals surface area contributed by atoms with Crippen LogP contribution in [0.4, 0.5) is 0 Å². The van der Waals surface area contributed by atoms with Crippen molar-refractivity contribution in [2.45, 2.75) is 52.2 Å². The molecule has 0 saturated carbocycles. The summed E-state index contributed by atoms with van der Waals surface area (Å²) in [5, 5.41) is 2.07. The van der Waals surface area contributed by atoms with Gasteiger partial charge in [-0.1, -0.05) is 59.8 Å². The Balaban J connectivity index is 2.02. The molecular weight excluding hydrogens is 280 g/mol. The van der Waals surface area contributed by atoms with Crippen molar-refractivity contribution in [1.82, 2.24) is 0 Å². The molecule has 20 heavy (non-hydrogen) atoms. The molecule has 3 rings (SSSR count). The summed E-state index contributed by atoms with van der Waals surface area (Å²) < 4.78 is 1.48. The summed E-state index contributed by atoms with van der Waals surface area (Å²) in [6.45, 7) is 13.9. The SMILES string of the molecule is CC(C)(C)C1=CC2C=c3cc(C(C)(C)C)sc3=CC2S1. The maximum absolute atomic E-state index is 2.50. The highest BCUT2D eigenvalue weighted by atomic mass is 32.2. The van der Waals surface area contributed by atoms with E-state index in [1.165, 1.54) is 14.6 Å². The minimum Gasteiger partial charge on any atom is -0.140 e. The predicted octanol–water partition coefficient (Wildman–Crippen LogP) is 4.28. The molecule has 2 unspecified atom stereocenters. The Kier molecular flexibility index (Phi) is 3.26. The van der Waals surface area contributed by atoms with Crippen molar-refractivity contribution in [1.29, 1.82) is 0 Å². The van der Waals surface area contributed by atoms with Gasteiger partial charge in [0.2, 0.25) is 0 Å². The fourth-order valence-electron chi connectivity index (χ4n) is 2.65. The summed E-state index contributed by atoms with van der Waals surface area (Å²) in [4.78, 5) is 3.05. The Morgan fingerprint density at radius 2 is 1.60 bits per heavy atom. The van der Waals surface area contributed by atoms with Gasteiger partial charge in [0.15, 0.2) is 0 Å². The molecule has 0 spiro atoms. The highest BCUT2D eigenvalue weighted by molar-refractivity contribution is 8.04. The van der Waals surface area contributed by atoms with Crippen molar-refractivity contribution in [3.8, 4) is 0 Å². The molecule has 0 fully saturated rings. The summed E-state index contributed by atoms with van der Waals surface area (Å²) in [7, 11) is 0. The maximum Gasteiger partial charge on any atom is 0.0386 e. The van der Waals surface area contributed by atoms with Gasteiger partial charge in [0.1, 0.15) is 0 Å². The number of fused-ring (bicyclic) bond motifs is 2. The van der Waals surface area contributed by atoms with Crippen molar-refractivity contribution in [3.63, 3.8) is 0 Å². The number of rotatable bonds is 0. The first kappa shape index (κ1) is 14.5. The molecule has 2 atom stereocenters. The number of hydrogen-bond acceptors (Lipinski definition) is 2. The van der Waals surface area contributed by atoms with Crippen LogP contribution in [0.15, 0.2) is 17.0 Å². The molecule has 1 aliphatic carbocycles. The number of allylic oxidation sites excluding steroid dienone is 2. The normalized spacial score (nSPS) is 25.4. The fraction of sp³-hybridized carbons (Fsp3) is 0.556. The van der Waals surface area contributed by atoms with Crippen LogP contribution in [0.25, 0.3) is 12.2 Å². The summed E-state index contributed by atoms with van der Waals surface area (Å²) >= 11 is 4.04. The highest BCUT2D eigenvalue weighted by Gasteiger charge is 2.32.